The molecule has 0 aliphatic carbocycles. The van der Waals surface area contributed by atoms with Crippen molar-refractivity contribution in [1.82, 2.24) is 5.32 Å². The fourth-order valence-electron chi connectivity index (χ4n) is 1.37. The highest BCUT2D eigenvalue weighted by molar-refractivity contribution is 5.90. The van der Waals surface area contributed by atoms with Gasteiger partial charge in [0.25, 0.3) is 0 Å². The van der Waals surface area contributed by atoms with E-state index in [2.05, 4.69) is 17.2 Å². The van der Waals surface area contributed by atoms with Crippen LogP contribution in [0, 0.1) is 0 Å². The van der Waals surface area contributed by atoms with E-state index in [-0.39, 0.29) is 5.91 Å². The first-order chi connectivity index (χ1) is 8.13. The molecule has 0 unspecified atom stereocenters. The Morgan fingerprint density at radius 2 is 2.12 bits per heavy atom. The summed E-state index contributed by atoms with van der Waals surface area (Å²) in [7, 11) is 1.86. The summed E-state index contributed by atoms with van der Waals surface area (Å²) in [5.74, 6) is 0.537. The van der Waals surface area contributed by atoms with Crippen LogP contribution in [0.1, 0.15) is 6.92 Å². The first kappa shape index (κ1) is 13.3. The Kier molecular flexibility index (Phi) is 5.23. The minimum atomic E-state index is -0.116. The van der Waals surface area contributed by atoms with Gasteiger partial charge in [-0.3, -0.25) is 4.79 Å². The van der Waals surface area contributed by atoms with E-state index in [1.54, 1.807) is 6.07 Å². The van der Waals surface area contributed by atoms with E-state index in [0.29, 0.717) is 24.6 Å². The molecule has 4 nitrogen and oxygen atoms in total. The maximum absolute atomic E-state index is 11.0. The van der Waals surface area contributed by atoms with Crippen LogP contribution in [0.4, 0.5) is 5.69 Å². The minimum absolute atomic E-state index is 0.116. The predicted octanol–water partition coefficient (Wildman–Crippen LogP) is 1.80. The van der Waals surface area contributed by atoms with Crippen LogP contribution < -0.4 is 15.4 Å². The maximum Gasteiger partial charge on any atom is 0.221 e. The van der Waals surface area contributed by atoms with Crippen molar-refractivity contribution < 1.29 is 9.53 Å². The number of amides is 1. The zero-order valence-electron chi connectivity index (χ0n) is 10.2. The molecule has 17 heavy (non-hydrogen) atoms. The number of likely N-dealkylation sites (N-methyl/N-ethyl adjacent to an activating group) is 1. The largest absolute Gasteiger partial charge is 0.487 e. The number of para-hydroxylation sites is 2. The molecule has 0 bridgehead atoms. The number of anilines is 1. The summed E-state index contributed by atoms with van der Waals surface area (Å²) >= 11 is 0. The molecule has 1 amide bonds. The minimum Gasteiger partial charge on any atom is -0.487 e. The van der Waals surface area contributed by atoms with Crippen LogP contribution in [0.15, 0.2) is 36.4 Å². The van der Waals surface area contributed by atoms with E-state index in [1.807, 2.05) is 25.2 Å². The Morgan fingerprint density at radius 1 is 1.41 bits per heavy atom. The molecular formula is C13H18N2O2. The van der Waals surface area contributed by atoms with Crippen molar-refractivity contribution in [2.24, 2.45) is 0 Å². The molecule has 0 atom stereocenters. The Morgan fingerprint density at radius 3 is 2.76 bits per heavy atom. The molecule has 0 saturated heterocycles. The quantitative estimate of drug-likeness (QED) is 0.738. The van der Waals surface area contributed by atoms with Crippen molar-refractivity contribution in [3.63, 3.8) is 0 Å². The lowest BCUT2D eigenvalue weighted by atomic mass is 10.3. The number of hydrogen-bond acceptors (Lipinski definition) is 3. The summed E-state index contributed by atoms with van der Waals surface area (Å²) in [6, 6.07) is 7.33. The standard InChI is InChI=1S/C13H18N2O2/c1-10(8-14-3)9-17-13-7-5-4-6-12(13)15-11(2)16/h4-7,14H,1,8-9H2,2-3H3,(H,15,16). The molecule has 0 aromatic heterocycles. The van der Waals surface area contributed by atoms with E-state index < -0.39 is 0 Å². The normalized spacial score (nSPS) is 9.76. The van der Waals surface area contributed by atoms with Gasteiger partial charge in [0.2, 0.25) is 5.91 Å². The van der Waals surface area contributed by atoms with Crippen LogP contribution in [0.2, 0.25) is 0 Å². The summed E-state index contributed by atoms with van der Waals surface area (Å²) in [6.07, 6.45) is 0. The van der Waals surface area contributed by atoms with Gasteiger partial charge < -0.3 is 15.4 Å². The van der Waals surface area contributed by atoms with Gasteiger partial charge in [0.05, 0.1) is 5.69 Å². The Balaban J connectivity index is 2.63. The molecular weight excluding hydrogens is 216 g/mol. The SMILES string of the molecule is C=C(CNC)COc1ccccc1NC(C)=O. The Bertz CT molecular complexity index is 402. The molecule has 92 valence electrons. The monoisotopic (exact) mass is 234 g/mol. The van der Waals surface area contributed by atoms with Gasteiger partial charge in [-0.1, -0.05) is 18.7 Å². The van der Waals surface area contributed by atoms with Gasteiger partial charge >= 0.3 is 0 Å². The molecule has 1 aromatic rings. The van der Waals surface area contributed by atoms with Gasteiger partial charge in [-0.05, 0) is 24.8 Å². The van der Waals surface area contributed by atoms with Gasteiger partial charge in [-0.2, -0.15) is 0 Å². The topological polar surface area (TPSA) is 50.4 Å². The Hall–Kier alpha value is -1.81. The molecule has 0 aliphatic heterocycles. The molecule has 0 saturated carbocycles. The van der Waals surface area contributed by atoms with Crippen molar-refractivity contribution >= 4 is 11.6 Å². The summed E-state index contributed by atoms with van der Waals surface area (Å²) < 4.78 is 5.60. The molecule has 1 rings (SSSR count). The highest BCUT2D eigenvalue weighted by atomic mass is 16.5. The second-order valence-electron chi connectivity index (χ2n) is 3.75. The molecule has 4 heteroatoms. The van der Waals surface area contributed by atoms with Crippen LogP contribution in [-0.4, -0.2) is 26.1 Å². The van der Waals surface area contributed by atoms with E-state index in [1.165, 1.54) is 6.92 Å². The first-order valence-corrected chi connectivity index (χ1v) is 5.44. The van der Waals surface area contributed by atoms with Crippen LogP contribution in [0.5, 0.6) is 5.75 Å². The van der Waals surface area contributed by atoms with E-state index in [0.717, 1.165) is 5.57 Å². The molecule has 1 aromatic carbocycles. The number of nitrogens with one attached hydrogen (secondary N) is 2. The van der Waals surface area contributed by atoms with Gasteiger partial charge in [-0.25, -0.2) is 0 Å². The molecule has 0 fully saturated rings. The highest BCUT2D eigenvalue weighted by Gasteiger charge is 2.04. The van der Waals surface area contributed by atoms with E-state index in [4.69, 9.17) is 4.74 Å². The second-order valence-corrected chi connectivity index (χ2v) is 3.75. The van der Waals surface area contributed by atoms with E-state index >= 15 is 0 Å². The van der Waals surface area contributed by atoms with Crippen LogP contribution in [-0.2, 0) is 4.79 Å². The lowest BCUT2D eigenvalue weighted by Gasteiger charge is -2.12. The third-order valence-electron chi connectivity index (χ3n) is 2.06. The number of carbonyl (C=O) groups is 1. The fraction of sp³-hybridized carbons (Fsp3) is 0.308. The average Bonchev–Trinajstić information content (AvgIpc) is 2.27. The van der Waals surface area contributed by atoms with Crippen molar-refractivity contribution in [2.45, 2.75) is 6.92 Å². The zero-order valence-corrected chi connectivity index (χ0v) is 10.2. The summed E-state index contributed by atoms with van der Waals surface area (Å²) in [5.41, 5.74) is 1.63. The van der Waals surface area contributed by atoms with Crippen molar-refractivity contribution in [3.8, 4) is 5.75 Å². The molecule has 0 radical (unpaired) electrons. The summed E-state index contributed by atoms with van der Waals surface area (Å²) in [4.78, 5) is 11.0. The third-order valence-corrected chi connectivity index (χ3v) is 2.06. The molecule has 0 aliphatic rings. The van der Waals surface area contributed by atoms with Gasteiger partial charge in [0.1, 0.15) is 12.4 Å². The number of ether oxygens (including phenoxy) is 1. The predicted molar refractivity (Wildman–Crippen MR) is 69.3 cm³/mol. The second kappa shape index (κ2) is 6.70. The van der Waals surface area contributed by atoms with Gasteiger partial charge in [0.15, 0.2) is 0 Å². The number of benzene rings is 1. The number of hydrogen-bond donors (Lipinski definition) is 2. The van der Waals surface area contributed by atoms with Crippen LogP contribution in [0.3, 0.4) is 0 Å². The smallest absolute Gasteiger partial charge is 0.221 e. The zero-order chi connectivity index (χ0) is 12.7. The van der Waals surface area contributed by atoms with Crippen molar-refractivity contribution in [2.75, 3.05) is 25.5 Å². The lowest BCUT2D eigenvalue weighted by molar-refractivity contribution is -0.114. The van der Waals surface area contributed by atoms with Crippen LogP contribution in [0.25, 0.3) is 0 Å². The highest BCUT2D eigenvalue weighted by Crippen LogP contribution is 2.23. The number of carbonyl (C=O) groups excluding carboxylic acids is 1. The molecule has 2 N–H and O–H groups in total. The fourth-order valence-corrected chi connectivity index (χ4v) is 1.37. The third kappa shape index (κ3) is 4.70. The van der Waals surface area contributed by atoms with Crippen molar-refractivity contribution in [3.05, 3.63) is 36.4 Å². The maximum atomic E-state index is 11.0. The summed E-state index contributed by atoms with van der Waals surface area (Å²) in [6.45, 7) is 6.48. The Labute approximate surface area is 102 Å². The number of rotatable bonds is 6. The molecule has 0 spiro atoms. The lowest BCUT2D eigenvalue weighted by Crippen LogP contribution is -2.15. The van der Waals surface area contributed by atoms with Gasteiger partial charge in [-0.15, -0.1) is 0 Å². The summed E-state index contributed by atoms with van der Waals surface area (Å²) in [5, 5.41) is 5.72. The average molecular weight is 234 g/mol. The van der Waals surface area contributed by atoms with Crippen LogP contribution >= 0.6 is 0 Å². The van der Waals surface area contributed by atoms with Crippen molar-refractivity contribution in [1.29, 1.82) is 0 Å². The first-order valence-electron chi connectivity index (χ1n) is 5.44. The molecule has 0 heterocycles. The van der Waals surface area contributed by atoms with Gasteiger partial charge in [0, 0.05) is 13.5 Å². The van der Waals surface area contributed by atoms with E-state index in [9.17, 15) is 4.79 Å².